The molecule has 6 nitrogen and oxygen atoms in total. The quantitative estimate of drug-likeness (QED) is 0.541. The first-order valence-corrected chi connectivity index (χ1v) is 13.7. The van der Waals surface area contributed by atoms with Crippen molar-refractivity contribution in [2.45, 2.75) is 50.3 Å². The topological polar surface area (TPSA) is 75.4 Å². The molecule has 1 fully saturated rings. The van der Waals surface area contributed by atoms with Crippen molar-refractivity contribution in [3.8, 4) is 5.69 Å². The van der Waals surface area contributed by atoms with Crippen LogP contribution >= 0.6 is 0 Å². The van der Waals surface area contributed by atoms with Crippen LogP contribution in [0, 0.1) is 11.2 Å². The lowest BCUT2D eigenvalue weighted by Gasteiger charge is -2.46. The van der Waals surface area contributed by atoms with Gasteiger partial charge < -0.3 is 5.11 Å². The summed E-state index contributed by atoms with van der Waals surface area (Å²) in [6.45, 7) is 6.95. The van der Waals surface area contributed by atoms with Gasteiger partial charge in [-0.1, -0.05) is 38.5 Å². The van der Waals surface area contributed by atoms with Crippen LogP contribution in [0.5, 0.6) is 0 Å². The second-order valence-corrected chi connectivity index (χ2v) is 12.8. The highest BCUT2D eigenvalue weighted by molar-refractivity contribution is 7.89. The van der Waals surface area contributed by atoms with E-state index in [1.54, 1.807) is 39.4 Å². The Balaban J connectivity index is 1.47. The molecule has 1 saturated heterocycles. The monoisotopic (exact) mass is 509 g/mol. The lowest BCUT2D eigenvalue weighted by molar-refractivity contribution is 0.154. The van der Waals surface area contributed by atoms with Crippen LogP contribution in [0.15, 0.2) is 65.2 Å². The molecule has 0 spiro atoms. The molecule has 3 aromatic rings. The number of piperidine rings is 1. The summed E-state index contributed by atoms with van der Waals surface area (Å²) in [5.74, 6) is -0.304. The first-order chi connectivity index (χ1) is 17.0. The fourth-order valence-corrected chi connectivity index (χ4v) is 6.97. The number of benzene rings is 2. The van der Waals surface area contributed by atoms with Gasteiger partial charge in [0.05, 0.1) is 22.5 Å². The molecule has 0 saturated carbocycles. The molecule has 1 N–H and O–H groups in total. The number of aromatic nitrogens is 2. The Morgan fingerprint density at radius 1 is 1.08 bits per heavy atom. The summed E-state index contributed by atoms with van der Waals surface area (Å²) in [5, 5.41) is 14.5. The molecule has 0 bridgehead atoms. The zero-order chi connectivity index (χ0) is 25.7. The van der Waals surface area contributed by atoms with Crippen molar-refractivity contribution in [3.05, 3.63) is 82.9 Å². The van der Waals surface area contributed by atoms with E-state index in [-0.39, 0.29) is 17.8 Å². The molecule has 5 rings (SSSR count). The highest BCUT2D eigenvalue weighted by atomic mass is 32.2. The average Bonchev–Trinajstić information content (AvgIpc) is 3.24. The van der Waals surface area contributed by atoms with Gasteiger partial charge in [0.25, 0.3) is 0 Å². The number of hydrogen-bond donors (Lipinski definition) is 1. The number of aliphatic hydroxyl groups excluding tert-OH is 1. The lowest BCUT2D eigenvalue weighted by atomic mass is 9.67. The second-order valence-electron chi connectivity index (χ2n) is 10.9. The van der Waals surface area contributed by atoms with Crippen LogP contribution in [0.4, 0.5) is 4.39 Å². The molecule has 2 heterocycles. The van der Waals surface area contributed by atoms with Crippen LogP contribution in [0.3, 0.4) is 0 Å². The van der Waals surface area contributed by atoms with Crippen molar-refractivity contribution in [3.63, 3.8) is 0 Å². The minimum absolute atomic E-state index is 0.0348. The summed E-state index contributed by atoms with van der Waals surface area (Å²) in [6.07, 6.45) is 5.52. The molecule has 2 aliphatic rings. The molecule has 8 heteroatoms. The molecular weight excluding hydrogens is 477 g/mol. The van der Waals surface area contributed by atoms with Gasteiger partial charge in [-0.15, -0.1) is 0 Å². The molecule has 0 amide bonds. The maximum atomic E-state index is 13.6. The summed E-state index contributed by atoms with van der Waals surface area (Å²) in [7, 11) is -3.68. The molecule has 1 atom stereocenters. The number of aliphatic hydroxyl groups is 1. The van der Waals surface area contributed by atoms with Gasteiger partial charge in [0.2, 0.25) is 10.0 Å². The van der Waals surface area contributed by atoms with Crippen molar-refractivity contribution < 1.29 is 17.9 Å². The predicted molar refractivity (Wildman–Crippen MR) is 138 cm³/mol. The van der Waals surface area contributed by atoms with Gasteiger partial charge in [-0.25, -0.2) is 17.5 Å². The summed E-state index contributed by atoms with van der Waals surface area (Å²) in [6, 6.07) is 13.4. The lowest BCUT2D eigenvalue weighted by Crippen LogP contribution is -2.49. The van der Waals surface area contributed by atoms with Crippen molar-refractivity contribution in [1.29, 1.82) is 0 Å². The molecule has 0 radical (unpaired) electrons. The molecular formula is C28H32FN3O3S. The number of rotatable bonds is 5. The number of sulfonamides is 1. The minimum Gasteiger partial charge on any atom is -0.396 e. The SMILES string of the molecule is CC(C)(C)c1ccc(S(=O)(=O)N2CCC3=Cc4c(cnn4-c4ccc(F)cc4)C[C@]3(CCO)C2)cc1. The van der Waals surface area contributed by atoms with Crippen LogP contribution in [-0.4, -0.2) is 47.3 Å². The van der Waals surface area contributed by atoms with Gasteiger partial charge in [0, 0.05) is 25.1 Å². The van der Waals surface area contributed by atoms with Gasteiger partial charge in [-0.2, -0.15) is 9.40 Å². The van der Waals surface area contributed by atoms with Crippen LogP contribution in [0.25, 0.3) is 11.8 Å². The summed E-state index contributed by atoms with van der Waals surface area (Å²) < 4.78 is 44.1. The number of nitrogens with zero attached hydrogens (tertiary/aromatic N) is 3. The fraction of sp³-hybridized carbons (Fsp3) is 0.393. The van der Waals surface area contributed by atoms with E-state index in [1.165, 1.54) is 12.1 Å². The Morgan fingerprint density at radius 3 is 2.42 bits per heavy atom. The Kier molecular flexibility index (Phi) is 6.17. The Labute approximate surface area is 212 Å². The molecule has 1 aliphatic carbocycles. The van der Waals surface area contributed by atoms with Crippen molar-refractivity contribution in [1.82, 2.24) is 14.1 Å². The van der Waals surface area contributed by atoms with E-state index in [2.05, 4.69) is 31.9 Å². The zero-order valence-corrected chi connectivity index (χ0v) is 21.7. The zero-order valence-electron chi connectivity index (χ0n) is 20.9. The van der Waals surface area contributed by atoms with Crippen LogP contribution < -0.4 is 0 Å². The van der Waals surface area contributed by atoms with Gasteiger partial charge in [0.1, 0.15) is 5.82 Å². The third kappa shape index (κ3) is 4.31. The van der Waals surface area contributed by atoms with E-state index in [0.29, 0.717) is 37.2 Å². The van der Waals surface area contributed by atoms with Crippen LogP contribution in [0.2, 0.25) is 0 Å². The molecule has 190 valence electrons. The molecule has 2 aromatic carbocycles. The number of hydrogen-bond acceptors (Lipinski definition) is 4. The molecule has 1 aliphatic heterocycles. The number of halogens is 1. The Bertz CT molecular complexity index is 1400. The Morgan fingerprint density at radius 2 is 1.78 bits per heavy atom. The van der Waals surface area contributed by atoms with E-state index in [4.69, 9.17) is 0 Å². The van der Waals surface area contributed by atoms with E-state index < -0.39 is 15.4 Å². The van der Waals surface area contributed by atoms with Gasteiger partial charge in [-0.3, -0.25) is 0 Å². The smallest absolute Gasteiger partial charge is 0.243 e. The third-order valence-electron chi connectivity index (χ3n) is 7.54. The predicted octanol–water partition coefficient (Wildman–Crippen LogP) is 4.71. The molecule has 36 heavy (non-hydrogen) atoms. The highest BCUT2D eigenvalue weighted by Gasteiger charge is 2.45. The second kappa shape index (κ2) is 8.94. The third-order valence-corrected chi connectivity index (χ3v) is 9.40. The van der Waals surface area contributed by atoms with Gasteiger partial charge in [0.15, 0.2) is 0 Å². The first-order valence-electron chi connectivity index (χ1n) is 12.3. The maximum Gasteiger partial charge on any atom is 0.243 e. The Hall–Kier alpha value is -2.81. The summed E-state index contributed by atoms with van der Waals surface area (Å²) in [4.78, 5) is 0.294. The van der Waals surface area contributed by atoms with Crippen molar-refractivity contribution in [2.24, 2.45) is 5.41 Å². The number of fused-ring (bicyclic) bond motifs is 2. The van der Waals surface area contributed by atoms with E-state index >= 15 is 0 Å². The van der Waals surface area contributed by atoms with Crippen molar-refractivity contribution >= 4 is 16.1 Å². The molecule has 0 unspecified atom stereocenters. The van der Waals surface area contributed by atoms with Crippen LogP contribution in [0.1, 0.15) is 50.4 Å². The largest absolute Gasteiger partial charge is 0.396 e. The molecule has 1 aromatic heterocycles. The summed E-state index contributed by atoms with van der Waals surface area (Å²) in [5.41, 5.74) is 4.35. The van der Waals surface area contributed by atoms with E-state index in [1.807, 2.05) is 12.1 Å². The van der Waals surface area contributed by atoms with Gasteiger partial charge >= 0.3 is 0 Å². The van der Waals surface area contributed by atoms with Gasteiger partial charge in [-0.05, 0) is 78.3 Å². The van der Waals surface area contributed by atoms with E-state index in [0.717, 1.165) is 28.1 Å². The standard InChI is InChI=1S/C28H32FN3O3S/c1-27(2,3)21-4-10-25(11-5-21)36(34,35)31-14-12-22-16-26-20(17-28(22,19-31)13-15-33)18-30-32(26)24-8-6-23(29)7-9-24/h4-11,16,18,33H,12-15,17,19H2,1-3H3/t28-/m1/s1. The minimum atomic E-state index is -3.68. The van der Waals surface area contributed by atoms with Crippen molar-refractivity contribution in [2.75, 3.05) is 19.7 Å². The maximum absolute atomic E-state index is 13.6. The first kappa shape index (κ1) is 24.9. The highest BCUT2D eigenvalue weighted by Crippen LogP contribution is 2.47. The van der Waals surface area contributed by atoms with E-state index in [9.17, 15) is 17.9 Å². The normalized spacial score (nSPS) is 20.5. The van der Waals surface area contributed by atoms with Crippen LogP contribution in [-0.2, 0) is 21.9 Å². The summed E-state index contributed by atoms with van der Waals surface area (Å²) >= 11 is 0. The average molecular weight is 510 g/mol. The fourth-order valence-electron chi connectivity index (χ4n) is 5.45.